The van der Waals surface area contributed by atoms with Gasteiger partial charge in [0.15, 0.2) is 0 Å². The summed E-state index contributed by atoms with van der Waals surface area (Å²) in [5.74, 6) is 0.499. The Morgan fingerprint density at radius 2 is 2.17 bits per heavy atom. The lowest BCUT2D eigenvalue weighted by molar-refractivity contribution is 0.0511. The summed E-state index contributed by atoms with van der Waals surface area (Å²) in [6.07, 6.45) is 2.66. The van der Waals surface area contributed by atoms with Crippen LogP contribution in [0.25, 0.3) is 0 Å². The predicted octanol–water partition coefficient (Wildman–Crippen LogP) is 3.21. The Bertz CT molecular complexity index is 403. The highest BCUT2D eigenvalue weighted by molar-refractivity contribution is 5.27. The number of hydrogen-bond donors (Lipinski definition) is 1. The van der Waals surface area contributed by atoms with E-state index in [-0.39, 0.29) is 18.0 Å². The van der Waals surface area contributed by atoms with Crippen molar-refractivity contribution in [1.82, 2.24) is 5.32 Å². The van der Waals surface area contributed by atoms with Gasteiger partial charge in [0.05, 0.1) is 12.1 Å². The summed E-state index contributed by atoms with van der Waals surface area (Å²) in [5.41, 5.74) is 1.82. The molecule has 1 aromatic rings. The molecule has 0 aromatic heterocycles. The van der Waals surface area contributed by atoms with Crippen LogP contribution in [0.4, 0.5) is 4.39 Å². The van der Waals surface area contributed by atoms with E-state index in [0.717, 1.165) is 12.1 Å². The predicted molar refractivity (Wildman–Crippen MR) is 71.1 cm³/mol. The molecule has 1 N–H and O–H groups in total. The summed E-state index contributed by atoms with van der Waals surface area (Å²) < 4.78 is 19.0. The lowest BCUT2D eigenvalue weighted by Gasteiger charge is -2.27. The summed E-state index contributed by atoms with van der Waals surface area (Å²) in [7, 11) is 1.77. The van der Waals surface area contributed by atoms with Gasteiger partial charge in [0.1, 0.15) is 5.82 Å². The van der Waals surface area contributed by atoms with Gasteiger partial charge >= 0.3 is 0 Å². The molecule has 2 nitrogen and oxygen atoms in total. The monoisotopic (exact) mass is 251 g/mol. The van der Waals surface area contributed by atoms with Crippen molar-refractivity contribution in [3.63, 3.8) is 0 Å². The Morgan fingerprint density at radius 3 is 2.67 bits per heavy atom. The summed E-state index contributed by atoms with van der Waals surface area (Å²) in [6, 6.07) is 5.50. The van der Waals surface area contributed by atoms with E-state index in [9.17, 15) is 4.39 Å². The topological polar surface area (TPSA) is 21.3 Å². The lowest BCUT2D eigenvalue weighted by Crippen LogP contribution is -2.34. The molecule has 3 heteroatoms. The van der Waals surface area contributed by atoms with Gasteiger partial charge in [-0.25, -0.2) is 4.39 Å². The first-order valence-corrected chi connectivity index (χ1v) is 6.69. The number of aryl methyl sites for hydroxylation is 1. The number of halogens is 1. The number of benzene rings is 1. The number of rotatable bonds is 6. The number of methoxy groups -OCH3 is 1. The fraction of sp³-hybridized carbons (Fsp3) is 0.600. The zero-order valence-electron chi connectivity index (χ0n) is 11.4. The van der Waals surface area contributed by atoms with E-state index < -0.39 is 0 Å². The third-order valence-electron chi connectivity index (χ3n) is 3.65. The Labute approximate surface area is 109 Å². The Balaban J connectivity index is 2.24. The van der Waals surface area contributed by atoms with E-state index in [1.165, 1.54) is 12.8 Å². The van der Waals surface area contributed by atoms with Crippen molar-refractivity contribution >= 4 is 0 Å². The number of likely N-dealkylation sites (N-methyl/N-ethyl adjacent to an activating group) is 1. The Morgan fingerprint density at radius 1 is 1.44 bits per heavy atom. The van der Waals surface area contributed by atoms with Crippen LogP contribution in [0.5, 0.6) is 0 Å². The molecule has 1 saturated carbocycles. The summed E-state index contributed by atoms with van der Waals surface area (Å²) in [4.78, 5) is 0. The fourth-order valence-electron chi connectivity index (χ4n) is 2.53. The fourth-order valence-corrected chi connectivity index (χ4v) is 2.53. The van der Waals surface area contributed by atoms with Crippen LogP contribution in [-0.2, 0) is 4.74 Å². The molecular formula is C15H22FNO. The van der Waals surface area contributed by atoms with Crippen molar-refractivity contribution < 1.29 is 9.13 Å². The summed E-state index contributed by atoms with van der Waals surface area (Å²) in [5, 5.41) is 3.47. The van der Waals surface area contributed by atoms with Gasteiger partial charge in [0.2, 0.25) is 0 Å². The highest BCUT2D eigenvalue weighted by Gasteiger charge is 2.37. The Kier molecular flexibility index (Phi) is 4.36. The molecule has 2 rings (SSSR count). The minimum Gasteiger partial charge on any atom is -0.379 e. The molecule has 18 heavy (non-hydrogen) atoms. The van der Waals surface area contributed by atoms with Crippen LogP contribution in [0.3, 0.4) is 0 Å². The molecule has 2 unspecified atom stereocenters. The number of ether oxygens (including phenoxy) is 1. The molecule has 0 radical (unpaired) electrons. The number of hydrogen-bond acceptors (Lipinski definition) is 2. The maximum Gasteiger partial charge on any atom is 0.126 e. The van der Waals surface area contributed by atoms with Gasteiger partial charge in [-0.3, -0.25) is 0 Å². The van der Waals surface area contributed by atoms with Crippen LogP contribution >= 0.6 is 0 Å². The minimum atomic E-state index is -0.144. The smallest absolute Gasteiger partial charge is 0.126 e. The summed E-state index contributed by atoms with van der Waals surface area (Å²) >= 11 is 0. The summed E-state index contributed by atoms with van der Waals surface area (Å²) in [6.45, 7) is 4.78. The zero-order chi connectivity index (χ0) is 13.1. The first-order chi connectivity index (χ1) is 8.67. The van der Waals surface area contributed by atoms with Crippen molar-refractivity contribution in [1.29, 1.82) is 0 Å². The van der Waals surface area contributed by atoms with Gasteiger partial charge in [-0.2, -0.15) is 0 Å². The van der Waals surface area contributed by atoms with E-state index in [2.05, 4.69) is 12.2 Å². The van der Waals surface area contributed by atoms with E-state index in [1.54, 1.807) is 20.1 Å². The second-order valence-corrected chi connectivity index (χ2v) is 5.08. The van der Waals surface area contributed by atoms with E-state index in [4.69, 9.17) is 4.74 Å². The third-order valence-corrected chi connectivity index (χ3v) is 3.65. The van der Waals surface area contributed by atoms with Gasteiger partial charge in [-0.15, -0.1) is 0 Å². The van der Waals surface area contributed by atoms with Crippen molar-refractivity contribution in [3.8, 4) is 0 Å². The van der Waals surface area contributed by atoms with Crippen LogP contribution in [0.2, 0.25) is 0 Å². The molecule has 0 aliphatic heterocycles. The van der Waals surface area contributed by atoms with Crippen molar-refractivity contribution in [2.45, 2.75) is 38.8 Å². The van der Waals surface area contributed by atoms with Gasteiger partial charge in [-0.1, -0.05) is 19.1 Å². The highest BCUT2D eigenvalue weighted by Crippen LogP contribution is 2.39. The maximum absolute atomic E-state index is 13.4. The molecule has 100 valence electrons. The average molecular weight is 251 g/mol. The third kappa shape index (κ3) is 2.90. The highest BCUT2D eigenvalue weighted by atomic mass is 19.1. The quantitative estimate of drug-likeness (QED) is 0.838. The van der Waals surface area contributed by atoms with Gasteiger partial charge in [-0.05, 0) is 49.4 Å². The van der Waals surface area contributed by atoms with E-state index in [0.29, 0.717) is 11.5 Å². The van der Waals surface area contributed by atoms with Crippen LogP contribution in [0, 0.1) is 18.7 Å². The lowest BCUT2D eigenvalue weighted by atomic mass is 9.96. The largest absolute Gasteiger partial charge is 0.379 e. The molecule has 1 fully saturated rings. The molecule has 0 bridgehead atoms. The molecule has 2 atom stereocenters. The minimum absolute atomic E-state index is 0.144. The maximum atomic E-state index is 13.4. The molecule has 0 saturated heterocycles. The number of nitrogens with one attached hydrogen (secondary N) is 1. The van der Waals surface area contributed by atoms with E-state index >= 15 is 0 Å². The molecule has 0 heterocycles. The molecule has 0 amide bonds. The van der Waals surface area contributed by atoms with Gasteiger partial charge < -0.3 is 10.1 Å². The molecule has 1 aromatic carbocycles. The first kappa shape index (κ1) is 13.5. The van der Waals surface area contributed by atoms with Crippen LogP contribution in [0.15, 0.2) is 18.2 Å². The van der Waals surface area contributed by atoms with E-state index in [1.807, 2.05) is 12.1 Å². The SMILES string of the molecule is CCNC(c1ccc(F)c(C)c1)C(OC)C1CC1. The molecule has 1 aliphatic rings. The van der Waals surface area contributed by atoms with Crippen molar-refractivity contribution in [2.75, 3.05) is 13.7 Å². The molecular weight excluding hydrogens is 229 g/mol. The van der Waals surface area contributed by atoms with Crippen molar-refractivity contribution in [2.24, 2.45) is 5.92 Å². The van der Waals surface area contributed by atoms with Crippen molar-refractivity contribution in [3.05, 3.63) is 35.1 Å². The van der Waals surface area contributed by atoms with Crippen LogP contribution in [0.1, 0.15) is 36.9 Å². The second-order valence-electron chi connectivity index (χ2n) is 5.08. The second kappa shape index (κ2) is 5.81. The Hall–Kier alpha value is -0.930. The average Bonchev–Trinajstić information content (AvgIpc) is 3.17. The normalized spacial score (nSPS) is 18.7. The van der Waals surface area contributed by atoms with Crippen LogP contribution in [-0.4, -0.2) is 19.8 Å². The molecule has 0 spiro atoms. The van der Waals surface area contributed by atoms with Gasteiger partial charge in [0.25, 0.3) is 0 Å². The first-order valence-electron chi connectivity index (χ1n) is 6.69. The standard InChI is InChI=1S/C15H22FNO/c1-4-17-14(15(18-3)11-5-6-11)12-7-8-13(16)10(2)9-12/h7-9,11,14-15,17H,4-6H2,1-3H3. The van der Waals surface area contributed by atoms with Crippen LogP contribution < -0.4 is 5.32 Å². The van der Waals surface area contributed by atoms with Gasteiger partial charge in [0, 0.05) is 7.11 Å². The molecule has 1 aliphatic carbocycles. The zero-order valence-corrected chi connectivity index (χ0v) is 11.4.